The number of phenolic OH excluding ortho intramolecular Hbond substituents is 1. The SMILES string of the molecule is Oc1ccc([C@H]2CCCc3ccccc3[C@]2(O)CCCN2CCOCC2)cc1. The van der Waals surface area contributed by atoms with E-state index < -0.39 is 5.60 Å². The Hall–Kier alpha value is -1.88. The molecular formula is C24H31NO3. The first-order valence-electron chi connectivity index (χ1n) is 10.6. The number of aryl methyl sites for hydroxylation is 1. The van der Waals surface area contributed by atoms with Crippen LogP contribution in [0.1, 0.15) is 48.3 Å². The monoisotopic (exact) mass is 381 g/mol. The first-order valence-corrected chi connectivity index (χ1v) is 10.6. The maximum atomic E-state index is 12.1. The summed E-state index contributed by atoms with van der Waals surface area (Å²) in [4.78, 5) is 2.44. The highest BCUT2D eigenvalue weighted by Crippen LogP contribution is 2.47. The molecule has 2 aliphatic rings. The Morgan fingerprint density at radius 3 is 2.57 bits per heavy atom. The van der Waals surface area contributed by atoms with E-state index in [0.717, 1.165) is 76.1 Å². The van der Waals surface area contributed by atoms with E-state index in [1.54, 1.807) is 12.1 Å². The van der Waals surface area contributed by atoms with Gasteiger partial charge in [-0.25, -0.2) is 0 Å². The second-order valence-electron chi connectivity index (χ2n) is 8.18. The van der Waals surface area contributed by atoms with E-state index in [0.29, 0.717) is 0 Å². The van der Waals surface area contributed by atoms with E-state index in [2.05, 4.69) is 23.1 Å². The van der Waals surface area contributed by atoms with Crippen molar-refractivity contribution in [2.45, 2.75) is 43.6 Å². The van der Waals surface area contributed by atoms with Crippen LogP contribution in [-0.2, 0) is 16.8 Å². The van der Waals surface area contributed by atoms with E-state index in [1.807, 2.05) is 18.2 Å². The summed E-state index contributed by atoms with van der Waals surface area (Å²) < 4.78 is 5.45. The van der Waals surface area contributed by atoms with E-state index in [9.17, 15) is 10.2 Å². The molecule has 0 saturated carbocycles. The van der Waals surface area contributed by atoms with Crippen LogP contribution in [0.15, 0.2) is 48.5 Å². The van der Waals surface area contributed by atoms with Gasteiger partial charge in [-0.1, -0.05) is 36.4 Å². The fraction of sp³-hybridized carbons (Fsp3) is 0.500. The number of nitrogens with zero attached hydrogens (tertiary/aromatic N) is 1. The van der Waals surface area contributed by atoms with Crippen molar-refractivity contribution in [3.05, 3.63) is 65.2 Å². The Bertz CT molecular complexity index is 770. The van der Waals surface area contributed by atoms with Gasteiger partial charge in [0, 0.05) is 19.0 Å². The molecule has 4 nitrogen and oxygen atoms in total. The maximum Gasteiger partial charge on any atom is 0.115 e. The quantitative estimate of drug-likeness (QED) is 0.774. The summed E-state index contributed by atoms with van der Waals surface area (Å²) in [5.74, 6) is 0.315. The lowest BCUT2D eigenvalue weighted by molar-refractivity contribution is -0.0114. The zero-order valence-electron chi connectivity index (χ0n) is 16.5. The van der Waals surface area contributed by atoms with Crippen LogP contribution in [0.3, 0.4) is 0 Å². The predicted molar refractivity (Wildman–Crippen MR) is 111 cm³/mol. The topological polar surface area (TPSA) is 52.9 Å². The molecule has 4 rings (SSSR count). The number of rotatable bonds is 5. The minimum atomic E-state index is -0.879. The molecule has 0 bridgehead atoms. The van der Waals surface area contributed by atoms with Gasteiger partial charge in [-0.05, 0) is 67.5 Å². The highest BCUT2D eigenvalue weighted by atomic mass is 16.5. The van der Waals surface area contributed by atoms with E-state index in [-0.39, 0.29) is 11.7 Å². The summed E-state index contributed by atoms with van der Waals surface area (Å²) in [6.07, 6.45) is 4.73. The number of hydrogen-bond acceptors (Lipinski definition) is 4. The molecule has 2 N–H and O–H groups in total. The average Bonchev–Trinajstić information content (AvgIpc) is 2.87. The van der Waals surface area contributed by atoms with Crippen LogP contribution in [0.25, 0.3) is 0 Å². The van der Waals surface area contributed by atoms with Crippen molar-refractivity contribution in [3.8, 4) is 5.75 Å². The number of aromatic hydroxyl groups is 1. The number of ether oxygens (including phenoxy) is 1. The van der Waals surface area contributed by atoms with Crippen molar-refractivity contribution in [1.29, 1.82) is 0 Å². The molecule has 0 amide bonds. The van der Waals surface area contributed by atoms with Gasteiger partial charge in [0.05, 0.1) is 18.8 Å². The molecular weight excluding hydrogens is 350 g/mol. The van der Waals surface area contributed by atoms with Gasteiger partial charge in [0.2, 0.25) is 0 Å². The van der Waals surface area contributed by atoms with Crippen molar-refractivity contribution in [2.24, 2.45) is 0 Å². The average molecular weight is 382 g/mol. The summed E-state index contributed by atoms with van der Waals surface area (Å²) in [7, 11) is 0. The number of benzene rings is 2. The molecule has 150 valence electrons. The second-order valence-corrected chi connectivity index (χ2v) is 8.18. The first-order chi connectivity index (χ1) is 13.7. The standard InChI is InChI=1S/C24H31NO3/c26-21-11-9-20(10-12-21)23-8-3-6-19-5-1-2-7-22(19)24(23,27)13-4-14-25-15-17-28-18-16-25/h1-2,5,7,9-12,23,26-27H,3-4,6,8,13-18H2/t23-,24-/m1/s1. The summed E-state index contributed by atoms with van der Waals surface area (Å²) in [6.45, 7) is 4.58. The molecule has 0 unspecified atom stereocenters. The summed E-state index contributed by atoms with van der Waals surface area (Å²) in [6, 6.07) is 15.8. The van der Waals surface area contributed by atoms with Gasteiger partial charge < -0.3 is 14.9 Å². The van der Waals surface area contributed by atoms with Gasteiger partial charge in [-0.15, -0.1) is 0 Å². The van der Waals surface area contributed by atoms with Gasteiger partial charge >= 0.3 is 0 Å². The zero-order valence-corrected chi connectivity index (χ0v) is 16.5. The fourth-order valence-corrected chi connectivity index (χ4v) is 4.94. The van der Waals surface area contributed by atoms with Crippen molar-refractivity contribution in [1.82, 2.24) is 4.90 Å². The van der Waals surface area contributed by atoms with Crippen LogP contribution >= 0.6 is 0 Å². The number of morpholine rings is 1. The van der Waals surface area contributed by atoms with E-state index in [4.69, 9.17) is 4.74 Å². The normalized spacial score (nSPS) is 25.8. The lowest BCUT2D eigenvalue weighted by Gasteiger charge is -2.38. The number of hydrogen-bond donors (Lipinski definition) is 2. The van der Waals surface area contributed by atoms with Crippen molar-refractivity contribution >= 4 is 0 Å². The molecule has 2 atom stereocenters. The van der Waals surface area contributed by atoms with Gasteiger partial charge in [0.15, 0.2) is 0 Å². The third kappa shape index (κ3) is 4.09. The van der Waals surface area contributed by atoms with E-state index >= 15 is 0 Å². The third-order valence-corrected chi connectivity index (χ3v) is 6.43. The van der Waals surface area contributed by atoms with Crippen LogP contribution in [0.2, 0.25) is 0 Å². The van der Waals surface area contributed by atoms with Crippen molar-refractivity contribution < 1.29 is 14.9 Å². The molecule has 28 heavy (non-hydrogen) atoms. The van der Waals surface area contributed by atoms with Gasteiger partial charge in [-0.2, -0.15) is 0 Å². The summed E-state index contributed by atoms with van der Waals surface area (Å²) >= 11 is 0. The molecule has 1 fully saturated rings. The summed E-state index contributed by atoms with van der Waals surface area (Å²) in [5.41, 5.74) is 2.60. The minimum absolute atomic E-state index is 0.0430. The largest absolute Gasteiger partial charge is 0.508 e. The van der Waals surface area contributed by atoms with Crippen molar-refractivity contribution in [2.75, 3.05) is 32.8 Å². The zero-order chi connectivity index (χ0) is 19.4. The predicted octanol–water partition coefficient (Wildman–Crippen LogP) is 3.81. The van der Waals surface area contributed by atoms with Crippen LogP contribution in [0.5, 0.6) is 5.75 Å². The van der Waals surface area contributed by atoms with Gasteiger partial charge in [0.1, 0.15) is 5.75 Å². The number of fused-ring (bicyclic) bond motifs is 1. The van der Waals surface area contributed by atoms with Gasteiger partial charge in [-0.3, -0.25) is 4.90 Å². The first kappa shape index (κ1) is 19.4. The second kappa shape index (κ2) is 8.64. The fourth-order valence-electron chi connectivity index (χ4n) is 4.94. The molecule has 4 heteroatoms. The highest BCUT2D eigenvalue weighted by Gasteiger charge is 2.41. The molecule has 1 saturated heterocycles. The molecule has 2 aromatic carbocycles. The summed E-state index contributed by atoms with van der Waals surface area (Å²) in [5, 5.41) is 21.8. The van der Waals surface area contributed by atoms with Crippen LogP contribution < -0.4 is 0 Å². The van der Waals surface area contributed by atoms with Gasteiger partial charge in [0.25, 0.3) is 0 Å². The molecule has 2 aromatic rings. The Kier molecular flexibility index (Phi) is 6.00. The number of phenols is 1. The third-order valence-electron chi connectivity index (χ3n) is 6.43. The molecule has 1 heterocycles. The smallest absolute Gasteiger partial charge is 0.115 e. The molecule has 1 aliphatic heterocycles. The van der Waals surface area contributed by atoms with Crippen LogP contribution in [-0.4, -0.2) is 48.0 Å². The molecule has 0 radical (unpaired) electrons. The number of aliphatic hydroxyl groups is 1. The molecule has 0 spiro atoms. The molecule has 0 aromatic heterocycles. The Labute approximate surface area is 167 Å². The Morgan fingerprint density at radius 1 is 1.04 bits per heavy atom. The molecule has 1 aliphatic carbocycles. The lowest BCUT2D eigenvalue weighted by Crippen LogP contribution is -2.39. The van der Waals surface area contributed by atoms with E-state index in [1.165, 1.54) is 5.56 Å². The Morgan fingerprint density at radius 2 is 1.79 bits per heavy atom. The van der Waals surface area contributed by atoms with Crippen molar-refractivity contribution in [3.63, 3.8) is 0 Å². The van der Waals surface area contributed by atoms with Crippen LogP contribution in [0.4, 0.5) is 0 Å². The highest BCUT2D eigenvalue weighted by molar-refractivity contribution is 5.39. The van der Waals surface area contributed by atoms with Crippen LogP contribution in [0, 0.1) is 0 Å². The minimum Gasteiger partial charge on any atom is -0.508 e. The maximum absolute atomic E-state index is 12.1. The lowest BCUT2D eigenvalue weighted by atomic mass is 9.73. The Balaban J connectivity index is 1.61.